The standard InChI is InChI=1S/C22H26N8O2/c31-22(32)2-1-4-25-17-13-18(28-19(14-17)29-20-15-24-6-7-26-20)16-3-5-27-21(12-16)30-10-8-23-9-11-30/h3,5-7,12-15,23H,1-2,4,8-11H2,(H,31,32)(H2,25,26,28,29). The lowest BCUT2D eigenvalue weighted by Gasteiger charge is -2.28. The molecule has 0 aromatic carbocycles. The van der Waals surface area contributed by atoms with Crippen molar-refractivity contribution >= 4 is 29.1 Å². The summed E-state index contributed by atoms with van der Waals surface area (Å²) in [6.07, 6.45) is 7.30. The van der Waals surface area contributed by atoms with Crippen LogP contribution in [0.1, 0.15) is 12.8 Å². The van der Waals surface area contributed by atoms with Gasteiger partial charge in [-0.15, -0.1) is 0 Å². The second-order valence-electron chi connectivity index (χ2n) is 7.41. The molecule has 3 aromatic rings. The molecule has 0 bridgehead atoms. The molecule has 0 saturated carbocycles. The van der Waals surface area contributed by atoms with Gasteiger partial charge in [-0.2, -0.15) is 0 Å². The van der Waals surface area contributed by atoms with Crippen LogP contribution in [0.15, 0.2) is 49.1 Å². The molecular formula is C22H26N8O2. The van der Waals surface area contributed by atoms with Crippen molar-refractivity contribution in [2.24, 2.45) is 0 Å². The SMILES string of the molecule is O=C(O)CCCNc1cc(Nc2cnccn2)nc(-c2ccnc(N3CCNCC3)c2)c1. The monoisotopic (exact) mass is 434 g/mol. The topological polar surface area (TPSA) is 128 Å². The third kappa shape index (κ3) is 5.88. The smallest absolute Gasteiger partial charge is 0.303 e. The van der Waals surface area contributed by atoms with Crippen molar-refractivity contribution in [3.05, 3.63) is 49.1 Å². The van der Waals surface area contributed by atoms with E-state index < -0.39 is 5.97 Å². The molecule has 10 heteroatoms. The van der Waals surface area contributed by atoms with Gasteiger partial charge in [0.2, 0.25) is 0 Å². The Hall–Kier alpha value is -3.79. The first kappa shape index (κ1) is 21.4. The lowest BCUT2D eigenvalue weighted by atomic mass is 10.1. The van der Waals surface area contributed by atoms with Gasteiger partial charge in [0, 0.05) is 75.1 Å². The first-order chi connectivity index (χ1) is 15.7. The summed E-state index contributed by atoms with van der Waals surface area (Å²) in [5.41, 5.74) is 2.57. The molecule has 1 saturated heterocycles. The van der Waals surface area contributed by atoms with Crippen LogP contribution in [0, 0.1) is 0 Å². The minimum Gasteiger partial charge on any atom is -0.481 e. The summed E-state index contributed by atoms with van der Waals surface area (Å²) < 4.78 is 0. The van der Waals surface area contributed by atoms with Crippen LogP contribution in [0.2, 0.25) is 0 Å². The van der Waals surface area contributed by atoms with Gasteiger partial charge >= 0.3 is 5.97 Å². The van der Waals surface area contributed by atoms with Crippen LogP contribution in [0.5, 0.6) is 0 Å². The first-order valence-corrected chi connectivity index (χ1v) is 10.6. The Morgan fingerprint density at radius 3 is 2.75 bits per heavy atom. The zero-order valence-electron chi connectivity index (χ0n) is 17.7. The molecule has 10 nitrogen and oxygen atoms in total. The molecule has 0 atom stereocenters. The Kier molecular flexibility index (Phi) is 7.03. The quantitative estimate of drug-likeness (QED) is 0.373. The zero-order chi connectivity index (χ0) is 22.2. The number of hydrogen-bond acceptors (Lipinski definition) is 9. The van der Waals surface area contributed by atoms with E-state index in [-0.39, 0.29) is 6.42 Å². The van der Waals surface area contributed by atoms with Gasteiger partial charge in [-0.25, -0.2) is 15.0 Å². The third-order valence-corrected chi connectivity index (χ3v) is 5.02. The Bertz CT molecular complexity index is 1040. The zero-order valence-corrected chi connectivity index (χ0v) is 17.7. The molecule has 4 heterocycles. The van der Waals surface area contributed by atoms with Crippen molar-refractivity contribution in [3.8, 4) is 11.3 Å². The van der Waals surface area contributed by atoms with E-state index in [4.69, 9.17) is 10.1 Å². The summed E-state index contributed by atoms with van der Waals surface area (Å²) in [4.78, 5) is 30.7. The summed E-state index contributed by atoms with van der Waals surface area (Å²) in [5.74, 6) is 1.33. The van der Waals surface area contributed by atoms with Crippen LogP contribution < -0.4 is 20.9 Å². The van der Waals surface area contributed by atoms with Gasteiger partial charge < -0.3 is 26.0 Å². The summed E-state index contributed by atoms with van der Waals surface area (Å²) in [6.45, 7) is 4.24. The fraction of sp³-hybridized carbons (Fsp3) is 0.318. The fourth-order valence-corrected chi connectivity index (χ4v) is 3.46. The molecular weight excluding hydrogens is 408 g/mol. The molecule has 166 valence electrons. The lowest BCUT2D eigenvalue weighted by Crippen LogP contribution is -2.43. The average Bonchev–Trinajstić information content (AvgIpc) is 2.83. The molecule has 3 aromatic heterocycles. The Morgan fingerprint density at radius 1 is 1.09 bits per heavy atom. The third-order valence-electron chi connectivity index (χ3n) is 5.02. The Morgan fingerprint density at radius 2 is 1.97 bits per heavy atom. The largest absolute Gasteiger partial charge is 0.481 e. The number of pyridine rings is 2. The Labute approximate surface area is 186 Å². The van der Waals surface area contributed by atoms with Crippen LogP contribution in [-0.2, 0) is 4.79 Å². The molecule has 4 N–H and O–H groups in total. The predicted molar refractivity (Wildman–Crippen MR) is 123 cm³/mol. The van der Waals surface area contributed by atoms with Crippen molar-refractivity contribution in [1.29, 1.82) is 0 Å². The number of piperazine rings is 1. The highest BCUT2D eigenvalue weighted by Crippen LogP contribution is 2.27. The number of hydrogen-bond donors (Lipinski definition) is 4. The van der Waals surface area contributed by atoms with Crippen LogP contribution >= 0.6 is 0 Å². The maximum absolute atomic E-state index is 10.8. The van der Waals surface area contributed by atoms with E-state index in [1.54, 1.807) is 24.8 Å². The second kappa shape index (κ2) is 10.5. The number of carboxylic acids is 1. The predicted octanol–water partition coefficient (Wildman–Crippen LogP) is 2.36. The van der Waals surface area contributed by atoms with Gasteiger partial charge in [-0.3, -0.25) is 9.78 Å². The van der Waals surface area contributed by atoms with E-state index in [1.807, 2.05) is 24.3 Å². The number of rotatable bonds is 9. The number of carboxylic acid groups (broad SMARTS) is 1. The molecule has 32 heavy (non-hydrogen) atoms. The van der Waals surface area contributed by atoms with Crippen LogP contribution in [0.3, 0.4) is 0 Å². The van der Waals surface area contributed by atoms with E-state index in [2.05, 4.69) is 35.8 Å². The van der Waals surface area contributed by atoms with E-state index >= 15 is 0 Å². The molecule has 0 amide bonds. The summed E-state index contributed by atoms with van der Waals surface area (Å²) >= 11 is 0. The number of nitrogens with zero attached hydrogens (tertiary/aromatic N) is 5. The number of aliphatic carboxylic acids is 1. The van der Waals surface area contributed by atoms with Crippen molar-refractivity contribution < 1.29 is 9.90 Å². The molecule has 1 aliphatic heterocycles. The number of anilines is 4. The van der Waals surface area contributed by atoms with Crippen LogP contribution in [-0.4, -0.2) is 63.7 Å². The van der Waals surface area contributed by atoms with Crippen molar-refractivity contribution in [3.63, 3.8) is 0 Å². The summed E-state index contributed by atoms with van der Waals surface area (Å²) in [6, 6.07) is 7.82. The van der Waals surface area contributed by atoms with Gasteiger partial charge in [0.1, 0.15) is 17.5 Å². The number of nitrogens with one attached hydrogen (secondary N) is 3. The minimum atomic E-state index is -0.801. The molecule has 0 aliphatic carbocycles. The highest BCUT2D eigenvalue weighted by molar-refractivity contribution is 5.71. The Balaban J connectivity index is 1.60. The van der Waals surface area contributed by atoms with Crippen molar-refractivity contribution in [2.75, 3.05) is 48.3 Å². The van der Waals surface area contributed by atoms with E-state index in [0.29, 0.717) is 24.6 Å². The second-order valence-corrected chi connectivity index (χ2v) is 7.41. The summed E-state index contributed by atoms with van der Waals surface area (Å²) in [5, 5.41) is 18.7. The van der Waals surface area contributed by atoms with Crippen LogP contribution in [0.25, 0.3) is 11.3 Å². The van der Waals surface area contributed by atoms with E-state index in [1.165, 1.54) is 0 Å². The van der Waals surface area contributed by atoms with Gasteiger partial charge in [0.15, 0.2) is 0 Å². The normalized spacial score (nSPS) is 13.6. The minimum absolute atomic E-state index is 0.119. The number of carbonyl (C=O) groups is 1. The van der Waals surface area contributed by atoms with E-state index in [9.17, 15) is 4.79 Å². The molecule has 0 spiro atoms. The van der Waals surface area contributed by atoms with Crippen molar-refractivity contribution in [2.45, 2.75) is 12.8 Å². The highest BCUT2D eigenvalue weighted by Gasteiger charge is 2.13. The fourth-order valence-electron chi connectivity index (χ4n) is 3.46. The first-order valence-electron chi connectivity index (χ1n) is 10.6. The lowest BCUT2D eigenvalue weighted by molar-refractivity contribution is -0.137. The van der Waals surface area contributed by atoms with Gasteiger partial charge in [0.25, 0.3) is 0 Å². The van der Waals surface area contributed by atoms with E-state index in [0.717, 1.165) is 48.9 Å². The van der Waals surface area contributed by atoms with Crippen LogP contribution in [0.4, 0.5) is 23.1 Å². The molecule has 4 rings (SSSR count). The molecule has 0 unspecified atom stereocenters. The van der Waals surface area contributed by atoms with Gasteiger partial charge in [-0.1, -0.05) is 0 Å². The number of aromatic nitrogens is 4. The maximum Gasteiger partial charge on any atom is 0.303 e. The molecule has 1 fully saturated rings. The summed E-state index contributed by atoms with van der Waals surface area (Å²) in [7, 11) is 0. The van der Waals surface area contributed by atoms with Gasteiger partial charge in [0.05, 0.1) is 11.9 Å². The maximum atomic E-state index is 10.8. The van der Waals surface area contributed by atoms with Crippen molar-refractivity contribution in [1.82, 2.24) is 25.3 Å². The molecule has 0 radical (unpaired) electrons. The highest BCUT2D eigenvalue weighted by atomic mass is 16.4. The van der Waals surface area contributed by atoms with Gasteiger partial charge in [-0.05, 0) is 24.6 Å². The molecule has 1 aliphatic rings. The average molecular weight is 435 g/mol.